The minimum Gasteiger partial charge on any atom is -0.481 e. The third kappa shape index (κ3) is 39.6. The molecule has 0 aromatic rings. The van der Waals surface area contributed by atoms with Crippen LogP contribution >= 0.6 is 0 Å². The van der Waals surface area contributed by atoms with E-state index in [9.17, 15) is 9.59 Å². The number of hydrogen-bond donors (Lipinski definition) is 6. The van der Waals surface area contributed by atoms with Crippen LogP contribution in [0.15, 0.2) is 0 Å². The van der Waals surface area contributed by atoms with Gasteiger partial charge in [-0.05, 0) is 6.92 Å². The van der Waals surface area contributed by atoms with Gasteiger partial charge in [-0.15, -0.1) is 0 Å². The molecule has 13 heteroatoms. The number of aliphatic hydroxyl groups is 4. The molecule has 0 saturated heterocycles. The van der Waals surface area contributed by atoms with E-state index in [0.29, 0.717) is 59.5 Å². The molecule has 0 heterocycles. The van der Waals surface area contributed by atoms with Gasteiger partial charge in [0.15, 0.2) is 6.10 Å². The Morgan fingerprint density at radius 3 is 1.19 bits per heavy atom. The van der Waals surface area contributed by atoms with Crippen LogP contribution in [-0.4, -0.2) is 135 Å². The summed E-state index contributed by atoms with van der Waals surface area (Å²) in [4.78, 5) is 19.4. The third-order valence-electron chi connectivity index (χ3n) is 2.68. The first kappa shape index (κ1) is 34.2. The molecule has 1 atom stereocenters. The predicted molar refractivity (Wildman–Crippen MR) is 107 cm³/mol. The maximum absolute atomic E-state index is 9.72. The highest BCUT2D eigenvalue weighted by Gasteiger charge is 2.16. The number of aliphatic hydroxyl groups excluding tert-OH is 4. The Bertz CT molecular complexity index is 350. The summed E-state index contributed by atoms with van der Waals surface area (Å²) in [7, 11) is 0. The van der Waals surface area contributed by atoms with Crippen LogP contribution in [0.25, 0.3) is 0 Å². The van der Waals surface area contributed by atoms with Crippen LogP contribution in [0, 0.1) is 0 Å². The van der Waals surface area contributed by atoms with Crippen LogP contribution in [0.2, 0.25) is 0 Å². The van der Waals surface area contributed by atoms with E-state index < -0.39 is 24.5 Å². The van der Waals surface area contributed by atoms with Gasteiger partial charge in [-0.25, -0.2) is 4.79 Å². The zero-order valence-electron chi connectivity index (χ0n) is 18.0. The Labute approximate surface area is 182 Å². The van der Waals surface area contributed by atoms with Crippen molar-refractivity contribution in [1.29, 1.82) is 0 Å². The van der Waals surface area contributed by atoms with E-state index in [2.05, 4.69) is 0 Å². The molecule has 0 aliphatic heterocycles. The second-order valence-electron chi connectivity index (χ2n) is 5.27. The van der Waals surface area contributed by atoms with Crippen LogP contribution in [0.5, 0.6) is 0 Å². The molecular formula is C18H38O13. The SMILES string of the molecule is CCOCCOCCOCCO.O=C(O)CC(O)C(=O)O.OCCOCCOCCO. The van der Waals surface area contributed by atoms with Gasteiger partial charge in [0.1, 0.15) is 0 Å². The summed E-state index contributed by atoms with van der Waals surface area (Å²) in [5, 5.41) is 49.0. The van der Waals surface area contributed by atoms with Crippen LogP contribution in [-0.2, 0) is 33.3 Å². The third-order valence-corrected chi connectivity index (χ3v) is 2.68. The van der Waals surface area contributed by atoms with Gasteiger partial charge >= 0.3 is 11.9 Å². The van der Waals surface area contributed by atoms with Crippen LogP contribution in [0.1, 0.15) is 13.3 Å². The van der Waals surface area contributed by atoms with Gasteiger partial charge in [-0.3, -0.25) is 4.79 Å². The minimum absolute atomic E-state index is 0.0417. The first-order valence-electron chi connectivity index (χ1n) is 9.71. The molecule has 0 saturated carbocycles. The topological polar surface area (TPSA) is 202 Å². The second-order valence-corrected chi connectivity index (χ2v) is 5.27. The summed E-state index contributed by atoms with van der Waals surface area (Å²) < 4.78 is 24.9. The fourth-order valence-corrected chi connectivity index (χ4v) is 1.35. The maximum atomic E-state index is 9.72. The monoisotopic (exact) mass is 462 g/mol. The lowest BCUT2D eigenvalue weighted by molar-refractivity contribution is -0.152. The summed E-state index contributed by atoms with van der Waals surface area (Å²) in [6.07, 6.45) is -2.54. The summed E-state index contributed by atoms with van der Waals surface area (Å²) in [6, 6.07) is 0. The molecule has 0 bridgehead atoms. The number of rotatable bonds is 19. The zero-order valence-corrected chi connectivity index (χ0v) is 18.0. The lowest BCUT2D eigenvalue weighted by Gasteiger charge is -2.04. The fourth-order valence-electron chi connectivity index (χ4n) is 1.35. The van der Waals surface area contributed by atoms with Crippen molar-refractivity contribution in [2.45, 2.75) is 19.4 Å². The van der Waals surface area contributed by atoms with E-state index >= 15 is 0 Å². The van der Waals surface area contributed by atoms with Crippen molar-refractivity contribution in [3.63, 3.8) is 0 Å². The molecule has 188 valence electrons. The smallest absolute Gasteiger partial charge is 0.333 e. The molecule has 0 aromatic heterocycles. The minimum atomic E-state index is -1.79. The van der Waals surface area contributed by atoms with Crippen molar-refractivity contribution in [2.24, 2.45) is 0 Å². The maximum Gasteiger partial charge on any atom is 0.333 e. The number of hydrogen-bond acceptors (Lipinski definition) is 11. The van der Waals surface area contributed by atoms with E-state index in [4.69, 9.17) is 54.3 Å². The Morgan fingerprint density at radius 2 is 0.968 bits per heavy atom. The lowest BCUT2D eigenvalue weighted by Crippen LogP contribution is -2.22. The van der Waals surface area contributed by atoms with Gasteiger partial charge in [0, 0.05) is 6.61 Å². The van der Waals surface area contributed by atoms with E-state index in [-0.39, 0.29) is 19.8 Å². The number of ether oxygens (including phenoxy) is 5. The molecule has 0 fully saturated rings. The molecule has 6 N–H and O–H groups in total. The molecule has 0 rings (SSSR count). The van der Waals surface area contributed by atoms with Crippen LogP contribution in [0.3, 0.4) is 0 Å². The highest BCUT2D eigenvalue weighted by atomic mass is 16.5. The summed E-state index contributed by atoms with van der Waals surface area (Å²) in [5.41, 5.74) is 0. The van der Waals surface area contributed by atoms with E-state index in [1.54, 1.807) is 0 Å². The van der Waals surface area contributed by atoms with E-state index in [1.165, 1.54) is 0 Å². The predicted octanol–water partition coefficient (Wildman–Crippen LogP) is -2.04. The summed E-state index contributed by atoms with van der Waals surface area (Å²) in [6.45, 7) is 7.20. The highest BCUT2D eigenvalue weighted by Crippen LogP contribution is 1.89. The Balaban J connectivity index is -0.000000384. The number of aliphatic carboxylic acids is 2. The van der Waals surface area contributed by atoms with Crippen molar-refractivity contribution in [3.05, 3.63) is 0 Å². The van der Waals surface area contributed by atoms with Gasteiger partial charge < -0.3 is 54.3 Å². The molecule has 0 amide bonds. The largest absolute Gasteiger partial charge is 0.481 e. The normalized spacial score (nSPS) is 11.0. The average molecular weight is 462 g/mol. The van der Waals surface area contributed by atoms with E-state index in [1.807, 2.05) is 6.92 Å². The fraction of sp³-hybridized carbons (Fsp3) is 0.889. The zero-order chi connectivity index (χ0) is 24.2. The number of carboxylic acid groups (broad SMARTS) is 2. The number of carbonyl (C=O) groups is 2. The Morgan fingerprint density at radius 1 is 0.645 bits per heavy atom. The molecule has 0 aliphatic rings. The van der Waals surface area contributed by atoms with Crippen molar-refractivity contribution >= 4 is 11.9 Å². The molecule has 0 aromatic carbocycles. The summed E-state index contributed by atoms with van der Waals surface area (Å²) in [5.74, 6) is -2.85. The quantitative estimate of drug-likeness (QED) is 0.115. The van der Waals surface area contributed by atoms with Gasteiger partial charge in [-0.2, -0.15) is 0 Å². The van der Waals surface area contributed by atoms with Crippen molar-refractivity contribution in [2.75, 3.05) is 85.9 Å². The van der Waals surface area contributed by atoms with Crippen LogP contribution < -0.4 is 0 Å². The van der Waals surface area contributed by atoms with Crippen molar-refractivity contribution in [1.82, 2.24) is 0 Å². The molecule has 0 radical (unpaired) electrons. The molecule has 1 unspecified atom stereocenters. The highest BCUT2D eigenvalue weighted by molar-refractivity contribution is 5.79. The first-order valence-corrected chi connectivity index (χ1v) is 9.71. The Hall–Kier alpha value is -1.42. The van der Waals surface area contributed by atoms with Gasteiger partial charge in [-0.1, -0.05) is 0 Å². The van der Waals surface area contributed by atoms with Crippen molar-refractivity contribution in [3.8, 4) is 0 Å². The molecule has 31 heavy (non-hydrogen) atoms. The lowest BCUT2D eigenvalue weighted by atomic mass is 10.3. The van der Waals surface area contributed by atoms with E-state index in [0.717, 1.165) is 6.61 Å². The van der Waals surface area contributed by atoms with Crippen LogP contribution in [0.4, 0.5) is 0 Å². The molecule has 0 aliphatic carbocycles. The van der Waals surface area contributed by atoms with Gasteiger partial charge in [0.05, 0.1) is 85.7 Å². The average Bonchev–Trinajstić information content (AvgIpc) is 2.73. The van der Waals surface area contributed by atoms with Crippen molar-refractivity contribution < 1.29 is 63.9 Å². The molecular weight excluding hydrogens is 424 g/mol. The molecule has 13 nitrogen and oxygen atoms in total. The number of carboxylic acids is 2. The summed E-state index contributed by atoms with van der Waals surface area (Å²) >= 11 is 0. The molecule has 0 spiro atoms. The first-order chi connectivity index (χ1) is 14.9. The van der Waals surface area contributed by atoms with Gasteiger partial charge in [0.2, 0.25) is 0 Å². The Kier molecular flexibility index (Phi) is 33.9. The van der Waals surface area contributed by atoms with Gasteiger partial charge in [0.25, 0.3) is 0 Å². The standard InChI is InChI=1S/C8H18O4.C6H14O4.C4H6O5/c1-2-10-5-6-12-8-7-11-4-3-9;7-1-3-9-5-6-10-4-2-8;5-2(4(8)9)1-3(6)7/h9H,2-8H2,1H3;7-8H,1-6H2;2,5H,1H2,(H,6,7)(H,8,9). The second kappa shape index (κ2) is 30.8.